The van der Waals surface area contributed by atoms with Crippen molar-refractivity contribution in [3.63, 3.8) is 0 Å². The zero-order valence-electron chi connectivity index (χ0n) is 18.5. The van der Waals surface area contributed by atoms with E-state index in [1.807, 2.05) is 72.8 Å². The van der Waals surface area contributed by atoms with Gasteiger partial charge in [-0.3, -0.25) is 14.4 Å². The lowest BCUT2D eigenvalue weighted by Crippen LogP contribution is -2.37. The van der Waals surface area contributed by atoms with E-state index in [9.17, 15) is 9.59 Å². The third-order valence-corrected chi connectivity index (χ3v) is 6.60. The van der Waals surface area contributed by atoms with E-state index in [1.165, 1.54) is 4.90 Å². The number of carbonyl (C=O) groups excluding carboxylic acids is 2. The van der Waals surface area contributed by atoms with Crippen LogP contribution in [0, 0.1) is 5.92 Å². The Morgan fingerprint density at radius 3 is 2.21 bits per heavy atom. The average Bonchev–Trinajstić information content (AvgIpc) is 3.40. The predicted octanol–water partition coefficient (Wildman–Crippen LogP) is 4.90. The van der Waals surface area contributed by atoms with E-state index >= 15 is 0 Å². The van der Waals surface area contributed by atoms with Crippen LogP contribution in [0.1, 0.15) is 11.6 Å². The zero-order chi connectivity index (χ0) is 23.2. The van der Waals surface area contributed by atoms with Crippen LogP contribution in [-0.2, 0) is 14.4 Å². The van der Waals surface area contributed by atoms with Gasteiger partial charge in [-0.2, -0.15) is 0 Å². The van der Waals surface area contributed by atoms with Gasteiger partial charge in [-0.25, -0.2) is 9.96 Å². The van der Waals surface area contributed by atoms with Crippen LogP contribution in [0.15, 0.2) is 97.1 Å². The summed E-state index contributed by atoms with van der Waals surface area (Å²) in [5.41, 5.74) is 2.26. The van der Waals surface area contributed by atoms with E-state index < -0.39 is 18.1 Å². The summed E-state index contributed by atoms with van der Waals surface area (Å²) in [7, 11) is 1.58. The first-order valence-electron chi connectivity index (χ1n) is 11.2. The number of methoxy groups -OCH3 is 1. The number of amides is 2. The van der Waals surface area contributed by atoms with Gasteiger partial charge in [0.1, 0.15) is 11.7 Å². The van der Waals surface area contributed by atoms with Gasteiger partial charge in [-0.1, -0.05) is 60.7 Å². The molecule has 2 amide bonds. The van der Waals surface area contributed by atoms with Crippen molar-refractivity contribution in [2.24, 2.45) is 5.92 Å². The van der Waals surface area contributed by atoms with Crippen molar-refractivity contribution >= 4 is 34.0 Å². The highest BCUT2D eigenvalue weighted by Crippen LogP contribution is 2.48. The van der Waals surface area contributed by atoms with Crippen LogP contribution in [0.5, 0.6) is 5.75 Å². The predicted molar refractivity (Wildman–Crippen MR) is 129 cm³/mol. The summed E-state index contributed by atoms with van der Waals surface area (Å²) in [4.78, 5) is 34.8. The van der Waals surface area contributed by atoms with Gasteiger partial charge in [-0.05, 0) is 52.7 Å². The average molecular weight is 450 g/mol. The Labute approximate surface area is 196 Å². The second kappa shape index (κ2) is 8.01. The lowest BCUT2D eigenvalue weighted by Gasteiger charge is -2.29. The molecule has 0 radical (unpaired) electrons. The Morgan fingerprint density at radius 1 is 0.735 bits per heavy atom. The third kappa shape index (κ3) is 3.07. The van der Waals surface area contributed by atoms with E-state index in [0.717, 1.165) is 22.0 Å². The fourth-order valence-corrected chi connectivity index (χ4v) is 5.02. The van der Waals surface area contributed by atoms with Crippen LogP contribution in [-0.4, -0.2) is 25.0 Å². The smallest absolute Gasteiger partial charge is 0.266 e. The van der Waals surface area contributed by atoms with E-state index in [-0.39, 0.29) is 11.8 Å². The maximum absolute atomic E-state index is 13.8. The summed E-state index contributed by atoms with van der Waals surface area (Å²) in [6.45, 7) is 0. The van der Waals surface area contributed by atoms with E-state index in [1.54, 1.807) is 36.4 Å². The van der Waals surface area contributed by atoms with Crippen LogP contribution in [0.2, 0.25) is 0 Å². The van der Waals surface area contributed by atoms with Gasteiger partial charge >= 0.3 is 0 Å². The Bertz CT molecular complexity index is 1380. The van der Waals surface area contributed by atoms with Gasteiger partial charge in [0, 0.05) is 0 Å². The zero-order valence-corrected chi connectivity index (χ0v) is 18.5. The summed E-state index contributed by atoms with van der Waals surface area (Å²) >= 11 is 0. The van der Waals surface area contributed by atoms with Crippen molar-refractivity contribution in [1.82, 2.24) is 0 Å². The fraction of sp³-hybridized carbons (Fsp3) is 0.143. The highest BCUT2D eigenvalue weighted by molar-refractivity contribution is 6.24. The van der Waals surface area contributed by atoms with E-state index in [0.29, 0.717) is 11.4 Å². The monoisotopic (exact) mass is 450 g/mol. The number of carbonyl (C=O) groups is 2. The number of anilines is 2. The third-order valence-electron chi connectivity index (χ3n) is 6.60. The van der Waals surface area contributed by atoms with Crippen molar-refractivity contribution in [2.45, 2.75) is 12.1 Å². The molecule has 0 aromatic heterocycles. The Kier molecular flexibility index (Phi) is 4.81. The highest BCUT2D eigenvalue weighted by Gasteiger charge is 2.60. The van der Waals surface area contributed by atoms with Crippen LogP contribution in [0.25, 0.3) is 10.8 Å². The first-order valence-corrected chi connectivity index (χ1v) is 11.2. The molecule has 0 aliphatic carbocycles. The molecule has 4 aromatic rings. The molecule has 2 aliphatic heterocycles. The minimum absolute atomic E-state index is 0.267. The van der Waals surface area contributed by atoms with Gasteiger partial charge < -0.3 is 4.74 Å². The number of ether oxygens (including phenoxy) is 1. The Hall–Kier alpha value is -4.16. The number of para-hydroxylation sites is 1. The number of imide groups is 1. The number of hydrogen-bond acceptors (Lipinski definition) is 5. The molecule has 0 unspecified atom stereocenters. The normalized spacial score (nSPS) is 21.9. The van der Waals surface area contributed by atoms with Gasteiger partial charge in [0.2, 0.25) is 5.91 Å². The number of benzene rings is 4. The topological polar surface area (TPSA) is 59.1 Å². The first kappa shape index (κ1) is 20.4. The minimum Gasteiger partial charge on any atom is -0.497 e. The summed E-state index contributed by atoms with van der Waals surface area (Å²) in [6, 6.07) is 30.2. The number of hydrogen-bond donors (Lipinski definition) is 0. The largest absolute Gasteiger partial charge is 0.497 e. The Balaban J connectivity index is 1.48. The van der Waals surface area contributed by atoms with E-state index in [2.05, 4.69) is 0 Å². The summed E-state index contributed by atoms with van der Waals surface area (Å²) in [6.07, 6.45) is -0.904. The lowest BCUT2D eigenvalue weighted by atomic mass is 9.87. The van der Waals surface area contributed by atoms with Crippen LogP contribution in [0.4, 0.5) is 11.4 Å². The quantitative estimate of drug-likeness (QED) is 0.414. The van der Waals surface area contributed by atoms with Gasteiger partial charge in [0.25, 0.3) is 5.91 Å². The molecule has 0 N–H and O–H groups in total. The van der Waals surface area contributed by atoms with Crippen LogP contribution >= 0.6 is 0 Å². The molecule has 168 valence electrons. The molecule has 0 bridgehead atoms. The number of hydroxylamine groups is 1. The molecule has 0 spiro atoms. The number of rotatable bonds is 4. The molecule has 3 atom stereocenters. The molecule has 6 heteroatoms. The first-order chi connectivity index (χ1) is 16.7. The standard InChI is InChI=1S/C28H22N2O4/c1-33-21-16-14-19(15-17-21)29-27(31)24-25(23-13-7-9-18-8-5-6-12-22(18)23)30(34-26(24)28(29)32)20-10-3-2-4-11-20/h2-17,24-26H,1H3/t24-,25+,26+/m1/s1. The van der Waals surface area contributed by atoms with Gasteiger partial charge in [0.05, 0.1) is 24.5 Å². The lowest BCUT2D eigenvalue weighted by molar-refractivity contribution is -0.126. The second-order valence-corrected chi connectivity index (χ2v) is 8.44. The van der Waals surface area contributed by atoms with Crippen molar-refractivity contribution in [3.05, 3.63) is 103 Å². The maximum Gasteiger partial charge on any atom is 0.266 e. The summed E-state index contributed by atoms with van der Waals surface area (Å²) in [5.74, 6) is -0.649. The molecule has 6 rings (SSSR count). The highest BCUT2D eigenvalue weighted by atomic mass is 16.7. The molecule has 34 heavy (non-hydrogen) atoms. The molecule has 0 saturated carbocycles. The summed E-state index contributed by atoms with van der Waals surface area (Å²) in [5, 5.41) is 3.83. The minimum atomic E-state index is -0.904. The molecule has 2 aliphatic rings. The van der Waals surface area contributed by atoms with Crippen LogP contribution in [0.3, 0.4) is 0 Å². The SMILES string of the molecule is COc1ccc(N2C(=O)[C@H]3[C@H](ON(c4ccccc4)[C@H]3c3cccc4ccccc34)C2=O)cc1. The molecular formula is C28H22N2O4. The van der Waals surface area contributed by atoms with Crippen molar-refractivity contribution in [3.8, 4) is 5.75 Å². The van der Waals surface area contributed by atoms with Crippen molar-refractivity contribution in [2.75, 3.05) is 17.1 Å². The molecule has 2 heterocycles. The van der Waals surface area contributed by atoms with Gasteiger partial charge in [0.15, 0.2) is 6.10 Å². The molecule has 4 aromatic carbocycles. The van der Waals surface area contributed by atoms with E-state index in [4.69, 9.17) is 9.57 Å². The maximum atomic E-state index is 13.8. The molecular weight excluding hydrogens is 428 g/mol. The van der Waals surface area contributed by atoms with Gasteiger partial charge in [-0.15, -0.1) is 0 Å². The molecule has 6 nitrogen and oxygen atoms in total. The number of nitrogens with zero attached hydrogens (tertiary/aromatic N) is 2. The number of fused-ring (bicyclic) bond motifs is 2. The van der Waals surface area contributed by atoms with Crippen molar-refractivity contribution in [1.29, 1.82) is 0 Å². The second-order valence-electron chi connectivity index (χ2n) is 8.44. The van der Waals surface area contributed by atoms with Crippen LogP contribution < -0.4 is 14.7 Å². The fourth-order valence-electron chi connectivity index (χ4n) is 5.02. The summed E-state index contributed by atoms with van der Waals surface area (Å²) < 4.78 is 5.22. The Morgan fingerprint density at radius 2 is 1.44 bits per heavy atom. The van der Waals surface area contributed by atoms with Crippen molar-refractivity contribution < 1.29 is 19.2 Å². The molecule has 2 saturated heterocycles. The molecule has 2 fully saturated rings.